The highest BCUT2D eigenvalue weighted by molar-refractivity contribution is 6.31. The van der Waals surface area contributed by atoms with Crippen LogP contribution in [0.1, 0.15) is 29.8 Å². The highest BCUT2D eigenvalue weighted by Crippen LogP contribution is 2.28. The van der Waals surface area contributed by atoms with Crippen molar-refractivity contribution in [1.29, 1.82) is 0 Å². The summed E-state index contributed by atoms with van der Waals surface area (Å²) in [6, 6.07) is 3.42. The van der Waals surface area contributed by atoms with E-state index in [9.17, 15) is 9.59 Å². The molecule has 132 valence electrons. The van der Waals surface area contributed by atoms with Gasteiger partial charge in [-0.25, -0.2) is 4.79 Å². The lowest BCUT2D eigenvalue weighted by atomic mass is 10.1. The summed E-state index contributed by atoms with van der Waals surface area (Å²) in [6.45, 7) is 7.69. The number of hydrogen-bond acceptors (Lipinski definition) is 3. The Morgan fingerprint density at radius 3 is 2.29 bits per heavy atom. The number of methoxy groups -OCH3 is 1. The SMILES string of the molecule is COc1cc(C)c(Cl)cc1C(=O)N1CCN(C(=O)NC(C)C)CC1. The Balaban J connectivity index is 2.06. The first-order chi connectivity index (χ1) is 11.3. The lowest BCUT2D eigenvalue weighted by Gasteiger charge is -2.35. The monoisotopic (exact) mass is 353 g/mol. The van der Waals surface area contributed by atoms with E-state index in [1.165, 1.54) is 7.11 Å². The molecule has 1 heterocycles. The largest absolute Gasteiger partial charge is 0.496 e. The summed E-state index contributed by atoms with van der Waals surface area (Å²) in [5.74, 6) is 0.388. The van der Waals surface area contributed by atoms with Gasteiger partial charge in [0.2, 0.25) is 0 Å². The minimum Gasteiger partial charge on any atom is -0.496 e. The molecule has 1 aliphatic heterocycles. The van der Waals surface area contributed by atoms with Crippen LogP contribution in [-0.4, -0.2) is 61.1 Å². The number of carbonyl (C=O) groups is 2. The zero-order valence-corrected chi connectivity index (χ0v) is 15.3. The molecule has 0 aromatic heterocycles. The van der Waals surface area contributed by atoms with Crippen LogP contribution >= 0.6 is 11.6 Å². The average molecular weight is 354 g/mol. The van der Waals surface area contributed by atoms with E-state index in [1.807, 2.05) is 20.8 Å². The number of benzene rings is 1. The Morgan fingerprint density at radius 1 is 1.17 bits per heavy atom. The molecule has 6 nitrogen and oxygen atoms in total. The van der Waals surface area contributed by atoms with Crippen molar-refractivity contribution in [3.8, 4) is 5.75 Å². The summed E-state index contributed by atoms with van der Waals surface area (Å²) in [5.41, 5.74) is 1.31. The van der Waals surface area contributed by atoms with Gasteiger partial charge in [0.1, 0.15) is 5.75 Å². The summed E-state index contributed by atoms with van der Waals surface area (Å²) >= 11 is 6.15. The Morgan fingerprint density at radius 2 is 1.75 bits per heavy atom. The van der Waals surface area contributed by atoms with E-state index in [-0.39, 0.29) is 18.0 Å². The van der Waals surface area contributed by atoms with Crippen LogP contribution in [-0.2, 0) is 0 Å². The quantitative estimate of drug-likeness (QED) is 0.908. The van der Waals surface area contributed by atoms with Crippen molar-refractivity contribution in [3.63, 3.8) is 0 Å². The van der Waals surface area contributed by atoms with Crippen LogP contribution in [0.15, 0.2) is 12.1 Å². The van der Waals surface area contributed by atoms with Crippen molar-refractivity contribution in [2.45, 2.75) is 26.8 Å². The average Bonchev–Trinajstić information content (AvgIpc) is 2.55. The highest BCUT2D eigenvalue weighted by atomic mass is 35.5. The first-order valence-corrected chi connectivity index (χ1v) is 8.40. The minimum atomic E-state index is -0.127. The number of nitrogens with zero attached hydrogens (tertiary/aromatic N) is 2. The number of halogens is 1. The molecule has 3 amide bonds. The Kier molecular flexibility index (Phi) is 5.94. The van der Waals surface area contributed by atoms with Gasteiger partial charge in [0.25, 0.3) is 5.91 Å². The zero-order chi connectivity index (χ0) is 17.9. The van der Waals surface area contributed by atoms with E-state index >= 15 is 0 Å². The molecule has 1 fully saturated rings. The van der Waals surface area contributed by atoms with E-state index in [0.717, 1.165) is 5.56 Å². The molecule has 2 rings (SSSR count). The van der Waals surface area contributed by atoms with Gasteiger partial charge in [-0.05, 0) is 38.5 Å². The molecule has 1 N–H and O–H groups in total. The van der Waals surface area contributed by atoms with Crippen molar-refractivity contribution in [1.82, 2.24) is 15.1 Å². The standard InChI is InChI=1S/C17H24ClN3O3/c1-11(2)19-17(23)21-7-5-20(6-8-21)16(22)13-10-14(18)12(3)9-15(13)24-4/h9-11H,5-8H2,1-4H3,(H,19,23). The fourth-order valence-corrected chi connectivity index (χ4v) is 2.78. The van der Waals surface area contributed by atoms with Gasteiger partial charge in [0.05, 0.1) is 12.7 Å². The predicted octanol–water partition coefficient (Wildman–Crippen LogP) is 2.53. The number of aryl methyl sites for hydroxylation is 1. The van der Waals surface area contributed by atoms with E-state index in [1.54, 1.807) is 21.9 Å². The number of rotatable bonds is 3. The molecule has 0 radical (unpaired) electrons. The molecular formula is C17H24ClN3O3. The van der Waals surface area contributed by atoms with E-state index in [0.29, 0.717) is 42.5 Å². The lowest BCUT2D eigenvalue weighted by Crippen LogP contribution is -2.54. The molecule has 0 aliphatic carbocycles. The van der Waals surface area contributed by atoms with Gasteiger partial charge >= 0.3 is 6.03 Å². The number of carbonyl (C=O) groups excluding carboxylic acids is 2. The van der Waals surface area contributed by atoms with Crippen molar-refractivity contribution in [2.75, 3.05) is 33.3 Å². The Hall–Kier alpha value is -1.95. The van der Waals surface area contributed by atoms with E-state index in [4.69, 9.17) is 16.3 Å². The van der Waals surface area contributed by atoms with Crippen molar-refractivity contribution < 1.29 is 14.3 Å². The number of urea groups is 1. The van der Waals surface area contributed by atoms with Gasteiger partial charge in [-0.2, -0.15) is 0 Å². The van der Waals surface area contributed by atoms with Crippen LogP contribution in [0.2, 0.25) is 5.02 Å². The molecule has 0 unspecified atom stereocenters. The molecule has 1 aromatic rings. The summed E-state index contributed by atoms with van der Waals surface area (Å²) in [6.07, 6.45) is 0. The highest BCUT2D eigenvalue weighted by Gasteiger charge is 2.27. The molecule has 1 aliphatic rings. The third-order valence-corrected chi connectivity index (χ3v) is 4.38. The van der Waals surface area contributed by atoms with Gasteiger partial charge in [0, 0.05) is 37.2 Å². The lowest BCUT2D eigenvalue weighted by molar-refractivity contribution is 0.0660. The van der Waals surface area contributed by atoms with Crippen molar-refractivity contribution in [3.05, 3.63) is 28.3 Å². The topological polar surface area (TPSA) is 61.9 Å². The summed E-state index contributed by atoms with van der Waals surface area (Å²) in [5, 5.41) is 3.40. The minimum absolute atomic E-state index is 0.0898. The summed E-state index contributed by atoms with van der Waals surface area (Å²) < 4.78 is 5.32. The predicted molar refractivity (Wildman–Crippen MR) is 93.9 cm³/mol. The van der Waals surface area contributed by atoms with Crippen LogP contribution in [0.3, 0.4) is 0 Å². The van der Waals surface area contributed by atoms with Gasteiger partial charge < -0.3 is 19.9 Å². The Bertz CT molecular complexity index is 626. The van der Waals surface area contributed by atoms with Gasteiger partial charge in [-0.15, -0.1) is 0 Å². The smallest absolute Gasteiger partial charge is 0.317 e. The van der Waals surface area contributed by atoms with Crippen LogP contribution < -0.4 is 10.1 Å². The van der Waals surface area contributed by atoms with E-state index in [2.05, 4.69) is 5.32 Å². The number of ether oxygens (including phenoxy) is 1. The molecule has 0 bridgehead atoms. The zero-order valence-electron chi connectivity index (χ0n) is 14.6. The second-order valence-corrected chi connectivity index (χ2v) is 6.59. The third kappa shape index (κ3) is 4.12. The maximum Gasteiger partial charge on any atom is 0.317 e. The van der Waals surface area contributed by atoms with Crippen molar-refractivity contribution >= 4 is 23.5 Å². The van der Waals surface area contributed by atoms with Crippen molar-refractivity contribution in [2.24, 2.45) is 0 Å². The summed E-state index contributed by atoms with van der Waals surface area (Å²) in [7, 11) is 1.54. The normalized spacial score (nSPS) is 14.8. The van der Waals surface area contributed by atoms with Crippen LogP contribution in [0.5, 0.6) is 5.75 Å². The maximum absolute atomic E-state index is 12.8. The van der Waals surface area contributed by atoms with Crippen LogP contribution in [0.25, 0.3) is 0 Å². The number of nitrogens with one attached hydrogen (secondary N) is 1. The van der Waals surface area contributed by atoms with Gasteiger partial charge in [-0.1, -0.05) is 11.6 Å². The first kappa shape index (κ1) is 18.4. The van der Waals surface area contributed by atoms with Gasteiger partial charge in [-0.3, -0.25) is 4.79 Å². The maximum atomic E-state index is 12.8. The molecule has 0 saturated carbocycles. The van der Waals surface area contributed by atoms with Crippen LogP contribution in [0.4, 0.5) is 4.79 Å². The fraction of sp³-hybridized carbons (Fsp3) is 0.529. The third-order valence-electron chi connectivity index (χ3n) is 3.98. The molecule has 7 heteroatoms. The van der Waals surface area contributed by atoms with Crippen LogP contribution in [0, 0.1) is 6.92 Å². The Labute approximate surface area is 147 Å². The van der Waals surface area contributed by atoms with Gasteiger partial charge in [0.15, 0.2) is 0 Å². The number of amides is 3. The molecule has 24 heavy (non-hydrogen) atoms. The molecular weight excluding hydrogens is 330 g/mol. The first-order valence-electron chi connectivity index (χ1n) is 8.02. The number of hydrogen-bond donors (Lipinski definition) is 1. The molecule has 1 saturated heterocycles. The van der Waals surface area contributed by atoms with E-state index < -0.39 is 0 Å². The fourth-order valence-electron chi connectivity index (χ4n) is 2.61. The summed E-state index contributed by atoms with van der Waals surface area (Å²) in [4.78, 5) is 28.2. The molecule has 0 atom stereocenters. The second kappa shape index (κ2) is 7.75. The number of piperazine rings is 1. The second-order valence-electron chi connectivity index (χ2n) is 6.19. The molecule has 1 aromatic carbocycles. The molecule has 0 spiro atoms.